The van der Waals surface area contributed by atoms with Gasteiger partial charge in [-0.3, -0.25) is 0 Å². The second-order valence-corrected chi connectivity index (χ2v) is 7.66. The van der Waals surface area contributed by atoms with Gasteiger partial charge in [0.05, 0.1) is 11.6 Å². The summed E-state index contributed by atoms with van der Waals surface area (Å²) in [5.74, 6) is 1.46. The highest BCUT2D eigenvalue weighted by Gasteiger charge is 2.06. The minimum Gasteiger partial charge on any atom is -0.357 e. The van der Waals surface area contributed by atoms with Crippen LogP contribution in [-0.2, 0) is 13.0 Å². The lowest BCUT2D eigenvalue weighted by Gasteiger charge is -2.15. The van der Waals surface area contributed by atoms with Crippen molar-refractivity contribution in [1.82, 2.24) is 15.6 Å². The zero-order valence-corrected chi connectivity index (χ0v) is 15.1. The molecule has 120 valence electrons. The zero-order valence-electron chi connectivity index (χ0n) is 13.4. The average Bonchev–Trinajstić information content (AvgIpc) is 3.13. The van der Waals surface area contributed by atoms with E-state index in [1.807, 2.05) is 24.5 Å². The summed E-state index contributed by atoms with van der Waals surface area (Å²) in [6, 6.07) is 4.31. The second-order valence-electron chi connectivity index (χ2n) is 5.31. The zero-order chi connectivity index (χ0) is 15.8. The number of nitrogens with one attached hydrogen (secondary N) is 2. The van der Waals surface area contributed by atoms with Crippen molar-refractivity contribution < 1.29 is 0 Å². The molecular weight excluding hydrogens is 312 g/mol. The maximum absolute atomic E-state index is 4.63. The van der Waals surface area contributed by atoms with E-state index in [0.29, 0.717) is 12.5 Å². The predicted octanol–water partition coefficient (Wildman–Crippen LogP) is 3.45. The van der Waals surface area contributed by atoms with E-state index in [0.717, 1.165) is 30.5 Å². The van der Waals surface area contributed by atoms with Crippen LogP contribution < -0.4 is 10.6 Å². The van der Waals surface area contributed by atoms with Crippen molar-refractivity contribution in [2.45, 2.75) is 33.7 Å². The molecule has 2 aromatic rings. The largest absolute Gasteiger partial charge is 0.357 e. The van der Waals surface area contributed by atoms with Crippen molar-refractivity contribution in [3.63, 3.8) is 0 Å². The number of rotatable bonds is 7. The van der Waals surface area contributed by atoms with Gasteiger partial charge in [-0.05, 0) is 37.6 Å². The molecule has 0 spiro atoms. The van der Waals surface area contributed by atoms with Crippen LogP contribution in [0.5, 0.6) is 0 Å². The number of aliphatic imine (C=N–C) groups is 1. The van der Waals surface area contributed by atoms with E-state index >= 15 is 0 Å². The monoisotopic (exact) mass is 336 g/mol. The minimum atomic E-state index is 0.577. The first-order valence-corrected chi connectivity index (χ1v) is 9.33. The van der Waals surface area contributed by atoms with Gasteiger partial charge >= 0.3 is 0 Å². The molecule has 1 unspecified atom stereocenters. The molecule has 1 atom stereocenters. The Morgan fingerprint density at radius 1 is 1.36 bits per heavy atom. The van der Waals surface area contributed by atoms with Crippen LogP contribution in [0.3, 0.4) is 0 Å². The van der Waals surface area contributed by atoms with Gasteiger partial charge in [-0.1, -0.05) is 13.0 Å². The van der Waals surface area contributed by atoms with Gasteiger partial charge in [-0.2, -0.15) is 0 Å². The van der Waals surface area contributed by atoms with Crippen LogP contribution in [0.4, 0.5) is 0 Å². The topological polar surface area (TPSA) is 49.3 Å². The van der Waals surface area contributed by atoms with Crippen molar-refractivity contribution in [2.75, 3.05) is 13.1 Å². The van der Waals surface area contributed by atoms with E-state index in [9.17, 15) is 0 Å². The first-order valence-electron chi connectivity index (χ1n) is 7.63. The first kappa shape index (κ1) is 17.0. The number of hydrogen-bond donors (Lipinski definition) is 2. The Hall–Kier alpha value is -1.40. The summed E-state index contributed by atoms with van der Waals surface area (Å²) in [6.45, 7) is 8.85. The molecule has 0 aliphatic carbocycles. The second kappa shape index (κ2) is 8.90. The lowest BCUT2D eigenvalue weighted by Crippen LogP contribution is -2.39. The van der Waals surface area contributed by atoms with Crippen LogP contribution >= 0.6 is 22.7 Å². The van der Waals surface area contributed by atoms with Crippen LogP contribution in [0.1, 0.15) is 28.6 Å². The highest BCUT2D eigenvalue weighted by atomic mass is 32.1. The fourth-order valence-electron chi connectivity index (χ4n) is 2.09. The van der Waals surface area contributed by atoms with Gasteiger partial charge in [0.1, 0.15) is 0 Å². The van der Waals surface area contributed by atoms with Gasteiger partial charge in [-0.25, -0.2) is 9.98 Å². The predicted molar refractivity (Wildman–Crippen MR) is 96.9 cm³/mol. The summed E-state index contributed by atoms with van der Waals surface area (Å²) in [6.07, 6.45) is 3.02. The quantitative estimate of drug-likeness (QED) is 0.601. The number of hydrogen-bond acceptors (Lipinski definition) is 4. The normalized spacial score (nSPS) is 13.1. The Bertz CT molecular complexity index is 575. The fraction of sp³-hybridized carbons (Fsp3) is 0.500. The van der Waals surface area contributed by atoms with Crippen molar-refractivity contribution in [2.24, 2.45) is 10.9 Å². The standard InChI is InChI=1S/C16H24N4S2/c1-4-17-16(20-11-15-10-18-13(3)22-15)19-9-12(2)8-14-6-5-7-21-14/h5-7,10,12H,4,8-9,11H2,1-3H3,(H2,17,19,20). The van der Waals surface area contributed by atoms with Crippen LogP contribution in [0.15, 0.2) is 28.7 Å². The molecule has 0 amide bonds. The molecule has 22 heavy (non-hydrogen) atoms. The van der Waals surface area contributed by atoms with Gasteiger partial charge in [0.2, 0.25) is 0 Å². The van der Waals surface area contributed by atoms with E-state index in [1.54, 1.807) is 11.3 Å². The molecule has 0 aliphatic heterocycles. The molecule has 2 N–H and O–H groups in total. The number of thiazole rings is 1. The molecule has 4 nitrogen and oxygen atoms in total. The maximum atomic E-state index is 4.63. The van der Waals surface area contributed by atoms with Gasteiger partial charge in [0.15, 0.2) is 5.96 Å². The Kier molecular flexibility index (Phi) is 6.86. The van der Waals surface area contributed by atoms with Crippen LogP contribution in [0.2, 0.25) is 0 Å². The number of aryl methyl sites for hydroxylation is 1. The van der Waals surface area contributed by atoms with E-state index in [-0.39, 0.29) is 0 Å². The lowest BCUT2D eigenvalue weighted by atomic mass is 10.1. The van der Waals surface area contributed by atoms with Crippen molar-refractivity contribution >= 4 is 28.6 Å². The van der Waals surface area contributed by atoms with E-state index in [2.05, 4.69) is 52.0 Å². The van der Waals surface area contributed by atoms with Crippen molar-refractivity contribution in [3.8, 4) is 0 Å². The number of nitrogens with zero attached hydrogens (tertiary/aromatic N) is 2. The molecular formula is C16H24N4S2. The molecule has 0 saturated heterocycles. The average molecular weight is 337 g/mol. The van der Waals surface area contributed by atoms with Gasteiger partial charge in [0.25, 0.3) is 0 Å². The molecule has 2 aromatic heterocycles. The molecule has 6 heteroatoms. The summed E-state index contributed by atoms with van der Waals surface area (Å²) in [5.41, 5.74) is 0. The minimum absolute atomic E-state index is 0.577. The molecule has 0 saturated carbocycles. The molecule has 0 aliphatic rings. The van der Waals surface area contributed by atoms with Crippen LogP contribution in [0.25, 0.3) is 0 Å². The van der Waals surface area contributed by atoms with Gasteiger partial charge in [-0.15, -0.1) is 22.7 Å². The molecule has 2 heterocycles. The molecule has 2 rings (SSSR count). The molecule has 0 fully saturated rings. The highest BCUT2D eigenvalue weighted by molar-refractivity contribution is 7.11. The van der Waals surface area contributed by atoms with Crippen molar-refractivity contribution in [3.05, 3.63) is 38.5 Å². The Labute approximate surface area is 140 Å². The SMILES string of the molecule is CCNC(=NCc1cnc(C)s1)NCC(C)Cc1cccs1. The first-order chi connectivity index (χ1) is 10.7. The number of aromatic nitrogens is 1. The number of thiophene rings is 1. The summed E-state index contributed by atoms with van der Waals surface area (Å²) in [7, 11) is 0. The smallest absolute Gasteiger partial charge is 0.191 e. The Balaban J connectivity index is 1.82. The fourth-order valence-corrected chi connectivity index (χ4v) is 3.68. The van der Waals surface area contributed by atoms with Gasteiger partial charge < -0.3 is 10.6 Å². The summed E-state index contributed by atoms with van der Waals surface area (Å²) in [5, 5.41) is 9.96. The summed E-state index contributed by atoms with van der Waals surface area (Å²) >= 11 is 3.53. The van der Waals surface area contributed by atoms with E-state index < -0.39 is 0 Å². The van der Waals surface area contributed by atoms with E-state index in [4.69, 9.17) is 0 Å². The number of guanidine groups is 1. The Morgan fingerprint density at radius 2 is 2.23 bits per heavy atom. The molecule has 0 bridgehead atoms. The lowest BCUT2D eigenvalue weighted by molar-refractivity contribution is 0.562. The molecule has 0 aromatic carbocycles. The third-order valence-corrected chi connectivity index (χ3v) is 4.95. The highest BCUT2D eigenvalue weighted by Crippen LogP contribution is 2.14. The summed E-state index contributed by atoms with van der Waals surface area (Å²) < 4.78 is 0. The van der Waals surface area contributed by atoms with Crippen LogP contribution in [0, 0.1) is 12.8 Å². The Morgan fingerprint density at radius 3 is 2.86 bits per heavy atom. The third-order valence-electron chi connectivity index (χ3n) is 3.15. The van der Waals surface area contributed by atoms with Crippen molar-refractivity contribution in [1.29, 1.82) is 0 Å². The summed E-state index contributed by atoms with van der Waals surface area (Å²) in [4.78, 5) is 11.5. The van der Waals surface area contributed by atoms with Gasteiger partial charge in [0, 0.05) is 29.0 Å². The maximum Gasteiger partial charge on any atom is 0.191 e. The third kappa shape index (κ3) is 5.77. The van der Waals surface area contributed by atoms with Crippen LogP contribution in [-0.4, -0.2) is 24.0 Å². The molecule has 0 radical (unpaired) electrons. The van der Waals surface area contributed by atoms with E-state index in [1.165, 1.54) is 9.75 Å².